The molecule has 0 spiro atoms. The van der Waals surface area contributed by atoms with Crippen molar-refractivity contribution in [3.63, 3.8) is 0 Å². The first-order valence-electron chi connectivity index (χ1n) is 5.85. The summed E-state index contributed by atoms with van der Waals surface area (Å²) in [5.74, 6) is 0. The van der Waals surface area contributed by atoms with Gasteiger partial charge in [-0.25, -0.2) is 0 Å². The van der Waals surface area contributed by atoms with E-state index in [0.29, 0.717) is 12.6 Å². The standard InChI is InChI=1S/C13H22N2O/c1-4-14-11(2)12-7-5-6-8-13(12)15(3)9-10-16/h5-8,11,14,16H,4,9-10H2,1-3H3. The van der Waals surface area contributed by atoms with Crippen molar-refractivity contribution in [1.29, 1.82) is 0 Å². The van der Waals surface area contributed by atoms with E-state index in [1.165, 1.54) is 11.3 Å². The molecule has 1 aromatic carbocycles. The predicted octanol–water partition coefficient (Wildman–Crippen LogP) is 1.79. The number of nitrogens with zero attached hydrogens (tertiary/aromatic N) is 1. The highest BCUT2D eigenvalue weighted by Crippen LogP contribution is 2.24. The van der Waals surface area contributed by atoms with Gasteiger partial charge < -0.3 is 15.3 Å². The number of aliphatic hydroxyl groups is 1. The fourth-order valence-corrected chi connectivity index (χ4v) is 1.89. The summed E-state index contributed by atoms with van der Waals surface area (Å²) in [5, 5.41) is 12.4. The first-order valence-corrected chi connectivity index (χ1v) is 5.85. The van der Waals surface area contributed by atoms with Crippen LogP contribution in [0.5, 0.6) is 0 Å². The summed E-state index contributed by atoms with van der Waals surface area (Å²) < 4.78 is 0. The molecule has 3 heteroatoms. The average molecular weight is 222 g/mol. The van der Waals surface area contributed by atoms with Crippen LogP contribution in [0.25, 0.3) is 0 Å². The molecule has 1 rings (SSSR count). The zero-order valence-electron chi connectivity index (χ0n) is 10.4. The van der Waals surface area contributed by atoms with Crippen LogP contribution in [0.2, 0.25) is 0 Å². The smallest absolute Gasteiger partial charge is 0.0606 e. The average Bonchev–Trinajstić information content (AvgIpc) is 2.30. The van der Waals surface area contributed by atoms with E-state index in [0.717, 1.165) is 6.54 Å². The van der Waals surface area contributed by atoms with Crippen molar-refractivity contribution in [2.75, 3.05) is 31.6 Å². The highest BCUT2D eigenvalue weighted by atomic mass is 16.3. The maximum Gasteiger partial charge on any atom is 0.0606 e. The molecule has 0 aliphatic carbocycles. The van der Waals surface area contributed by atoms with Gasteiger partial charge in [0.25, 0.3) is 0 Å². The topological polar surface area (TPSA) is 35.5 Å². The van der Waals surface area contributed by atoms with Crippen LogP contribution >= 0.6 is 0 Å². The number of rotatable bonds is 6. The minimum atomic E-state index is 0.181. The second-order valence-electron chi connectivity index (χ2n) is 3.98. The maximum absolute atomic E-state index is 8.97. The van der Waals surface area contributed by atoms with Crippen LogP contribution in [0.3, 0.4) is 0 Å². The van der Waals surface area contributed by atoms with Crippen LogP contribution in [0, 0.1) is 0 Å². The van der Waals surface area contributed by atoms with E-state index in [2.05, 4.69) is 42.3 Å². The molecular weight excluding hydrogens is 200 g/mol. The van der Waals surface area contributed by atoms with Crippen molar-refractivity contribution >= 4 is 5.69 Å². The van der Waals surface area contributed by atoms with Gasteiger partial charge in [-0.05, 0) is 25.1 Å². The molecule has 0 heterocycles. The summed E-state index contributed by atoms with van der Waals surface area (Å²) in [7, 11) is 2.01. The molecule has 0 aromatic heterocycles. The molecule has 0 saturated carbocycles. The molecule has 0 aliphatic heterocycles. The number of anilines is 1. The highest BCUT2D eigenvalue weighted by Gasteiger charge is 2.11. The normalized spacial score (nSPS) is 12.5. The quantitative estimate of drug-likeness (QED) is 0.770. The van der Waals surface area contributed by atoms with Gasteiger partial charge in [0.2, 0.25) is 0 Å². The number of aliphatic hydroxyl groups excluding tert-OH is 1. The van der Waals surface area contributed by atoms with Crippen molar-refractivity contribution in [3.05, 3.63) is 29.8 Å². The molecular formula is C13H22N2O. The van der Waals surface area contributed by atoms with Gasteiger partial charge in [0.15, 0.2) is 0 Å². The lowest BCUT2D eigenvalue weighted by molar-refractivity contribution is 0.304. The Morgan fingerprint density at radius 1 is 1.38 bits per heavy atom. The third kappa shape index (κ3) is 3.22. The molecule has 0 fully saturated rings. The Morgan fingerprint density at radius 2 is 2.06 bits per heavy atom. The Hall–Kier alpha value is -1.06. The molecule has 1 unspecified atom stereocenters. The second-order valence-corrected chi connectivity index (χ2v) is 3.98. The van der Waals surface area contributed by atoms with E-state index in [1.54, 1.807) is 0 Å². The van der Waals surface area contributed by atoms with E-state index in [1.807, 2.05) is 13.1 Å². The summed E-state index contributed by atoms with van der Waals surface area (Å²) >= 11 is 0. The second kappa shape index (κ2) is 6.51. The SMILES string of the molecule is CCNC(C)c1ccccc1N(C)CCO. The molecule has 0 aliphatic rings. The van der Waals surface area contributed by atoms with E-state index >= 15 is 0 Å². The maximum atomic E-state index is 8.97. The first kappa shape index (κ1) is 13.0. The molecule has 0 radical (unpaired) electrons. The Labute approximate surface area is 98.1 Å². The number of hydrogen-bond donors (Lipinski definition) is 2. The highest BCUT2D eigenvalue weighted by molar-refractivity contribution is 5.54. The van der Waals surface area contributed by atoms with E-state index in [-0.39, 0.29) is 6.61 Å². The van der Waals surface area contributed by atoms with Crippen LogP contribution in [-0.2, 0) is 0 Å². The van der Waals surface area contributed by atoms with Crippen molar-refractivity contribution in [1.82, 2.24) is 5.32 Å². The first-order chi connectivity index (χ1) is 7.70. The van der Waals surface area contributed by atoms with Crippen LogP contribution in [-0.4, -0.2) is 31.9 Å². The lowest BCUT2D eigenvalue weighted by Crippen LogP contribution is -2.25. The fraction of sp³-hybridized carbons (Fsp3) is 0.538. The monoisotopic (exact) mass is 222 g/mol. The molecule has 1 atom stereocenters. The summed E-state index contributed by atoms with van der Waals surface area (Å²) in [5.41, 5.74) is 2.46. The Kier molecular flexibility index (Phi) is 5.29. The van der Waals surface area contributed by atoms with Crippen LogP contribution in [0.1, 0.15) is 25.5 Å². The third-order valence-electron chi connectivity index (χ3n) is 2.76. The minimum Gasteiger partial charge on any atom is -0.395 e. The third-order valence-corrected chi connectivity index (χ3v) is 2.76. The lowest BCUT2D eigenvalue weighted by atomic mass is 10.1. The summed E-state index contributed by atoms with van der Waals surface area (Å²) in [4.78, 5) is 2.09. The van der Waals surface area contributed by atoms with Crippen LogP contribution in [0.15, 0.2) is 24.3 Å². The van der Waals surface area contributed by atoms with Gasteiger partial charge in [0, 0.05) is 25.3 Å². The Morgan fingerprint density at radius 3 is 2.69 bits per heavy atom. The van der Waals surface area contributed by atoms with E-state index in [4.69, 9.17) is 5.11 Å². The van der Waals surface area contributed by atoms with E-state index < -0.39 is 0 Å². The summed E-state index contributed by atoms with van der Waals surface area (Å²) in [6, 6.07) is 8.66. The Bertz CT molecular complexity index is 284. The summed E-state index contributed by atoms with van der Waals surface area (Å²) in [6.45, 7) is 6.07. The number of nitrogens with one attached hydrogen (secondary N) is 1. The molecule has 1 aromatic rings. The van der Waals surface area contributed by atoms with Crippen molar-refractivity contribution in [2.24, 2.45) is 0 Å². The molecule has 90 valence electrons. The van der Waals surface area contributed by atoms with Crippen molar-refractivity contribution in [2.45, 2.75) is 19.9 Å². The van der Waals surface area contributed by atoms with Crippen molar-refractivity contribution in [3.8, 4) is 0 Å². The van der Waals surface area contributed by atoms with Gasteiger partial charge in [-0.3, -0.25) is 0 Å². The Balaban J connectivity index is 2.90. The molecule has 16 heavy (non-hydrogen) atoms. The van der Waals surface area contributed by atoms with Gasteiger partial charge in [0.1, 0.15) is 0 Å². The van der Waals surface area contributed by atoms with Crippen LogP contribution in [0.4, 0.5) is 5.69 Å². The molecule has 3 nitrogen and oxygen atoms in total. The number of hydrogen-bond acceptors (Lipinski definition) is 3. The molecule has 0 bridgehead atoms. The van der Waals surface area contributed by atoms with Gasteiger partial charge >= 0.3 is 0 Å². The molecule has 2 N–H and O–H groups in total. The predicted molar refractivity (Wildman–Crippen MR) is 68.9 cm³/mol. The van der Waals surface area contributed by atoms with Crippen LogP contribution < -0.4 is 10.2 Å². The largest absolute Gasteiger partial charge is 0.395 e. The summed E-state index contributed by atoms with van der Waals surface area (Å²) in [6.07, 6.45) is 0. The van der Waals surface area contributed by atoms with Gasteiger partial charge in [-0.2, -0.15) is 0 Å². The number of likely N-dealkylation sites (N-methyl/N-ethyl adjacent to an activating group) is 1. The fourth-order valence-electron chi connectivity index (χ4n) is 1.89. The van der Waals surface area contributed by atoms with Gasteiger partial charge in [0.05, 0.1) is 6.61 Å². The number of para-hydroxylation sites is 1. The minimum absolute atomic E-state index is 0.181. The van der Waals surface area contributed by atoms with Gasteiger partial charge in [-0.15, -0.1) is 0 Å². The zero-order chi connectivity index (χ0) is 12.0. The lowest BCUT2D eigenvalue weighted by Gasteiger charge is -2.24. The molecule has 0 amide bonds. The van der Waals surface area contributed by atoms with Gasteiger partial charge in [-0.1, -0.05) is 25.1 Å². The van der Waals surface area contributed by atoms with Crippen molar-refractivity contribution < 1.29 is 5.11 Å². The number of benzene rings is 1. The molecule has 0 saturated heterocycles. The van der Waals surface area contributed by atoms with E-state index in [9.17, 15) is 0 Å². The zero-order valence-corrected chi connectivity index (χ0v) is 10.4.